The van der Waals surface area contributed by atoms with E-state index in [0.29, 0.717) is 11.0 Å². The first-order valence-electron chi connectivity index (χ1n) is 4.11. The molecule has 0 spiro atoms. The van der Waals surface area contributed by atoms with Gasteiger partial charge in [-0.3, -0.25) is 3.97 Å². The molecule has 0 atom stereocenters. The van der Waals surface area contributed by atoms with Crippen LogP contribution in [0.5, 0.6) is 0 Å². The van der Waals surface area contributed by atoms with Crippen molar-refractivity contribution < 1.29 is 13.2 Å². The van der Waals surface area contributed by atoms with Gasteiger partial charge in [0.2, 0.25) is 0 Å². The van der Waals surface area contributed by atoms with Crippen LogP contribution in [0, 0.1) is 0 Å². The SMILES string of the molecule is CSn1cnc2cc(C(F)(F)F)ccc21. The lowest BCUT2D eigenvalue weighted by atomic mass is 10.2. The summed E-state index contributed by atoms with van der Waals surface area (Å²) in [6.45, 7) is 0. The monoisotopic (exact) mass is 232 g/mol. The van der Waals surface area contributed by atoms with E-state index in [9.17, 15) is 13.2 Å². The molecular formula is C9H7F3N2S. The van der Waals surface area contributed by atoms with Crippen LogP contribution in [0.3, 0.4) is 0 Å². The second kappa shape index (κ2) is 3.44. The minimum absolute atomic E-state index is 0.360. The molecule has 2 nitrogen and oxygen atoms in total. The Morgan fingerprint density at radius 1 is 1.33 bits per heavy atom. The summed E-state index contributed by atoms with van der Waals surface area (Å²) in [7, 11) is 0. The van der Waals surface area contributed by atoms with Crippen molar-refractivity contribution in [2.24, 2.45) is 0 Å². The van der Waals surface area contributed by atoms with E-state index in [1.54, 1.807) is 3.97 Å². The van der Waals surface area contributed by atoms with E-state index < -0.39 is 11.7 Å². The Labute approximate surface area is 88.2 Å². The molecule has 0 aliphatic rings. The Hall–Kier alpha value is -1.17. The van der Waals surface area contributed by atoms with Gasteiger partial charge in [-0.1, -0.05) is 0 Å². The van der Waals surface area contributed by atoms with Gasteiger partial charge in [0.15, 0.2) is 0 Å². The first-order valence-corrected chi connectivity index (χ1v) is 5.29. The smallest absolute Gasteiger partial charge is 0.272 e. The number of hydrogen-bond acceptors (Lipinski definition) is 2. The molecule has 1 heterocycles. The lowest BCUT2D eigenvalue weighted by Crippen LogP contribution is -2.04. The molecule has 0 N–H and O–H groups in total. The van der Waals surface area contributed by atoms with E-state index in [-0.39, 0.29) is 0 Å². The number of benzene rings is 1. The van der Waals surface area contributed by atoms with Crippen molar-refractivity contribution in [3.8, 4) is 0 Å². The van der Waals surface area contributed by atoms with Crippen molar-refractivity contribution in [2.45, 2.75) is 6.18 Å². The van der Waals surface area contributed by atoms with Crippen molar-refractivity contribution in [1.29, 1.82) is 0 Å². The third-order valence-corrected chi connectivity index (χ3v) is 2.72. The number of imidazole rings is 1. The van der Waals surface area contributed by atoms with Gasteiger partial charge in [-0.05, 0) is 30.1 Å². The summed E-state index contributed by atoms with van der Waals surface area (Å²) >= 11 is 1.39. The van der Waals surface area contributed by atoms with E-state index in [1.807, 2.05) is 6.26 Å². The molecule has 0 amide bonds. The van der Waals surface area contributed by atoms with E-state index in [0.717, 1.165) is 12.1 Å². The molecule has 2 rings (SSSR count). The van der Waals surface area contributed by atoms with Crippen LogP contribution in [0.25, 0.3) is 11.0 Å². The highest BCUT2D eigenvalue weighted by molar-refractivity contribution is 7.97. The van der Waals surface area contributed by atoms with Crippen LogP contribution < -0.4 is 0 Å². The van der Waals surface area contributed by atoms with Gasteiger partial charge in [0.25, 0.3) is 0 Å². The molecule has 0 saturated carbocycles. The summed E-state index contributed by atoms with van der Waals surface area (Å²) in [5.74, 6) is 0. The molecule has 0 radical (unpaired) electrons. The second-order valence-electron chi connectivity index (χ2n) is 2.95. The van der Waals surface area contributed by atoms with Crippen LogP contribution in [-0.4, -0.2) is 15.2 Å². The molecule has 0 aliphatic carbocycles. The van der Waals surface area contributed by atoms with Crippen LogP contribution in [0.2, 0.25) is 0 Å². The molecule has 80 valence electrons. The largest absolute Gasteiger partial charge is 0.416 e. The van der Waals surface area contributed by atoms with Gasteiger partial charge in [0.05, 0.1) is 16.6 Å². The zero-order valence-corrected chi connectivity index (χ0v) is 8.56. The minimum atomic E-state index is -4.31. The Morgan fingerprint density at radius 2 is 2.07 bits per heavy atom. The number of halogens is 3. The highest BCUT2D eigenvalue weighted by Gasteiger charge is 2.30. The predicted molar refractivity (Wildman–Crippen MR) is 53.6 cm³/mol. The van der Waals surface area contributed by atoms with Gasteiger partial charge in [-0.25, -0.2) is 4.98 Å². The van der Waals surface area contributed by atoms with Crippen molar-refractivity contribution >= 4 is 23.0 Å². The standard InChI is InChI=1S/C9H7F3N2S/c1-15-14-5-13-7-4-6(9(10,11)12)2-3-8(7)14/h2-5H,1H3. The summed E-state index contributed by atoms with van der Waals surface area (Å²) in [4.78, 5) is 3.91. The van der Waals surface area contributed by atoms with E-state index >= 15 is 0 Å². The lowest BCUT2D eigenvalue weighted by Gasteiger charge is -2.05. The zero-order chi connectivity index (χ0) is 11.1. The number of rotatable bonds is 1. The van der Waals surface area contributed by atoms with Crippen LogP contribution in [0.4, 0.5) is 13.2 Å². The van der Waals surface area contributed by atoms with Gasteiger partial charge in [0.1, 0.15) is 6.33 Å². The topological polar surface area (TPSA) is 17.8 Å². The summed E-state index contributed by atoms with van der Waals surface area (Å²) < 4.78 is 38.8. The number of aromatic nitrogens is 2. The van der Waals surface area contributed by atoms with Gasteiger partial charge >= 0.3 is 6.18 Å². The molecule has 0 fully saturated rings. The van der Waals surface area contributed by atoms with Crippen molar-refractivity contribution in [3.05, 3.63) is 30.1 Å². The first kappa shape index (κ1) is 10.4. The molecule has 1 aromatic carbocycles. The number of nitrogens with zero attached hydrogens (tertiary/aromatic N) is 2. The first-order chi connectivity index (χ1) is 7.02. The van der Waals surface area contributed by atoms with Gasteiger partial charge < -0.3 is 0 Å². The van der Waals surface area contributed by atoms with Crippen molar-refractivity contribution in [1.82, 2.24) is 8.96 Å². The Morgan fingerprint density at radius 3 is 2.67 bits per heavy atom. The highest BCUT2D eigenvalue weighted by atomic mass is 32.2. The van der Waals surface area contributed by atoms with E-state index in [1.165, 1.54) is 24.3 Å². The highest BCUT2D eigenvalue weighted by Crippen LogP contribution is 2.31. The number of alkyl halides is 3. The zero-order valence-electron chi connectivity index (χ0n) is 7.75. The molecule has 6 heteroatoms. The molecule has 15 heavy (non-hydrogen) atoms. The van der Waals surface area contributed by atoms with Crippen LogP contribution in [0.15, 0.2) is 24.5 Å². The molecule has 0 bridgehead atoms. The third kappa shape index (κ3) is 1.81. The third-order valence-electron chi connectivity index (χ3n) is 2.04. The fourth-order valence-electron chi connectivity index (χ4n) is 1.31. The van der Waals surface area contributed by atoms with Crippen molar-refractivity contribution in [3.63, 3.8) is 0 Å². The van der Waals surface area contributed by atoms with Gasteiger partial charge in [0, 0.05) is 6.26 Å². The molecule has 2 aromatic rings. The van der Waals surface area contributed by atoms with Gasteiger partial charge in [-0.15, -0.1) is 0 Å². The Bertz CT molecular complexity index is 490. The normalized spacial score (nSPS) is 12.3. The van der Waals surface area contributed by atoms with Crippen molar-refractivity contribution in [2.75, 3.05) is 6.26 Å². The van der Waals surface area contributed by atoms with E-state index in [2.05, 4.69) is 4.98 Å². The number of hydrogen-bond donors (Lipinski definition) is 0. The molecule has 1 aromatic heterocycles. The predicted octanol–water partition coefficient (Wildman–Crippen LogP) is 3.18. The summed E-state index contributed by atoms with van der Waals surface area (Å²) in [5, 5.41) is 0. The summed E-state index contributed by atoms with van der Waals surface area (Å²) in [5.41, 5.74) is 0.385. The van der Waals surface area contributed by atoms with Crippen LogP contribution >= 0.6 is 11.9 Å². The summed E-state index contributed by atoms with van der Waals surface area (Å²) in [6, 6.07) is 3.56. The van der Waals surface area contributed by atoms with E-state index in [4.69, 9.17) is 0 Å². The lowest BCUT2D eigenvalue weighted by molar-refractivity contribution is -0.137. The molecular weight excluding hydrogens is 225 g/mol. The Balaban J connectivity index is 2.58. The minimum Gasteiger partial charge on any atom is -0.272 e. The maximum absolute atomic E-state index is 12.4. The number of fused-ring (bicyclic) bond motifs is 1. The van der Waals surface area contributed by atoms with Crippen LogP contribution in [0.1, 0.15) is 5.56 Å². The quantitative estimate of drug-likeness (QED) is 0.751. The average Bonchev–Trinajstić information content (AvgIpc) is 2.58. The van der Waals surface area contributed by atoms with Gasteiger partial charge in [-0.2, -0.15) is 13.2 Å². The molecule has 0 unspecified atom stereocenters. The Kier molecular flexibility index (Phi) is 2.38. The molecule has 0 saturated heterocycles. The maximum atomic E-state index is 12.4. The molecule has 0 aliphatic heterocycles. The average molecular weight is 232 g/mol. The fourth-order valence-corrected chi connectivity index (χ4v) is 1.80. The summed E-state index contributed by atoms with van der Waals surface area (Å²) in [6.07, 6.45) is -0.967. The van der Waals surface area contributed by atoms with Crippen LogP contribution in [-0.2, 0) is 6.18 Å². The fraction of sp³-hybridized carbons (Fsp3) is 0.222. The maximum Gasteiger partial charge on any atom is 0.416 e. The second-order valence-corrected chi connectivity index (χ2v) is 3.71.